The number of benzene rings is 3. The SMILES string of the molecule is CCN(c1cc(-c2ccc(OCCCCCOCC(=O)NC(C(=O)N3C[C@H](O)C[C@H]3C(=O)NC(C)c3ccc(-c4scnc4C)cc3)C(C)(C)C)cc2)cc(C(=O)NCc2c(C)cc(C)[nH]c2=O)c1C)C1CCOCC1. The van der Waals surface area contributed by atoms with Gasteiger partial charge in [-0.25, -0.2) is 4.98 Å². The van der Waals surface area contributed by atoms with Gasteiger partial charge in [0, 0.05) is 74.4 Å². The molecule has 76 heavy (non-hydrogen) atoms. The number of aryl methyl sites for hydroxylation is 3. The molecule has 5 N–H and O–H groups in total. The second-order valence-electron chi connectivity index (χ2n) is 21.3. The Labute approximate surface area is 451 Å². The van der Waals surface area contributed by atoms with E-state index in [1.54, 1.807) is 11.3 Å². The first-order valence-corrected chi connectivity index (χ1v) is 27.6. The molecule has 0 aliphatic carbocycles. The maximum absolute atomic E-state index is 14.1. The van der Waals surface area contributed by atoms with Gasteiger partial charge in [0.1, 0.15) is 24.4 Å². The van der Waals surface area contributed by atoms with Crippen LogP contribution in [0.5, 0.6) is 5.75 Å². The second kappa shape index (κ2) is 26.1. The van der Waals surface area contributed by atoms with E-state index in [1.165, 1.54) is 4.90 Å². The molecule has 0 spiro atoms. The van der Waals surface area contributed by atoms with Crippen molar-refractivity contribution in [2.24, 2.45) is 5.41 Å². The van der Waals surface area contributed by atoms with E-state index in [-0.39, 0.29) is 55.6 Å². The number of aromatic amines is 1. The fourth-order valence-corrected chi connectivity index (χ4v) is 11.0. The molecule has 2 unspecified atom stereocenters. The molecule has 17 heteroatoms. The molecule has 0 bridgehead atoms. The van der Waals surface area contributed by atoms with E-state index < -0.39 is 35.4 Å². The topological polar surface area (TPSA) is 205 Å². The lowest BCUT2D eigenvalue weighted by molar-refractivity contribution is -0.144. The highest BCUT2D eigenvalue weighted by molar-refractivity contribution is 7.13. The number of carbonyl (C=O) groups excluding carboxylic acids is 4. The fraction of sp³-hybridized carbons (Fsp3) is 0.492. The van der Waals surface area contributed by atoms with Gasteiger partial charge in [-0.1, -0.05) is 57.2 Å². The molecule has 408 valence electrons. The molecule has 2 aliphatic rings. The zero-order chi connectivity index (χ0) is 54.7. The number of carbonyl (C=O) groups is 4. The Morgan fingerprint density at radius 2 is 1.62 bits per heavy atom. The van der Waals surface area contributed by atoms with Gasteiger partial charge >= 0.3 is 0 Å². The number of anilines is 1. The molecule has 0 radical (unpaired) electrons. The molecular weight excluding hydrogens is 983 g/mol. The van der Waals surface area contributed by atoms with Crippen LogP contribution in [0.4, 0.5) is 5.69 Å². The molecule has 7 rings (SSSR count). The van der Waals surface area contributed by atoms with Crippen molar-refractivity contribution in [3.05, 3.63) is 122 Å². The van der Waals surface area contributed by atoms with Gasteiger partial charge in [0.25, 0.3) is 11.5 Å². The monoisotopic (exact) mass is 1060 g/mol. The Hall–Kier alpha value is -6.40. The number of amides is 4. The lowest BCUT2D eigenvalue weighted by Gasteiger charge is -2.37. The summed E-state index contributed by atoms with van der Waals surface area (Å²) in [6.07, 6.45) is 3.27. The fourth-order valence-electron chi connectivity index (χ4n) is 10.2. The van der Waals surface area contributed by atoms with Crippen molar-refractivity contribution in [1.29, 1.82) is 0 Å². The zero-order valence-electron chi connectivity index (χ0n) is 45.7. The number of H-pyrrole nitrogens is 1. The number of β-amino-alcohol motifs (C(OH)–C–C–N with tert-alkyl or cyclic N) is 1. The predicted octanol–water partition coefficient (Wildman–Crippen LogP) is 8.27. The van der Waals surface area contributed by atoms with Gasteiger partial charge in [-0.3, -0.25) is 24.0 Å². The zero-order valence-corrected chi connectivity index (χ0v) is 46.5. The number of aliphatic hydroxyl groups excluding tert-OH is 1. The van der Waals surface area contributed by atoms with Crippen molar-refractivity contribution in [2.75, 3.05) is 51.0 Å². The number of nitrogens with one attached hydrogen (secondary N) is 4. The summed E-state index contributed by atoms with van der Waals surface area (Å²) in [5, 5.41) is 19.6. The number of aliphatic hydroxyl groups is 1. The molecule has 0 saturated carbocycles. The first-order valence-electron chi connectivity index (χ1n) is 26.7. The number of thiazole rings is 1. The number of pyridine rings is 1. The van der Waals surface area contributed by atoms with Crippen LogP contribution in [0.1, 0.15) is 123 Å². The standard InChI is InChI=1S/C59H77N7O9S/c1-10-65(45-22-26-73-27-23-45)50-30-44(29-48(38(50)4)55(69)60-32-49-36(2)28-37(3)62-56(49)70)42-18-20-47(21-19-42)75-25-13-11-12-24-74-34-52(68)64-54(59(7,8)9)58(72)66-33-46(67)31-51(66)57(71)63-39(5)41-14-16-43(17-15-41)53-40(6)61-35-76-53/h14-21,28-30,35,39,45-46,51,54,67H,10-13,22-27,31-34H2,1-9H3,(H,60,69)(H,62,70)(H,63,71)(H,64,68)/t39?,46-,51+,54?/m1/s1. The maximum Gasteiger partial charge on any atom is 0.253 e. The van der Waals surface area contributed by atoms with Gasteiger partial charge in [0.2, 0.25) is 17.7 Å². The molecule has 4 atom stereocenters. The summed E-state index contributed by atoms with van der Waals surface area (Å²) in [6, 6.07) is 19.9. The van der Waals surface area contributed by atoms with Gasteiger partial charge in [-0.05, 0) is 143 Å². The number of ether oxygens (including phenoxy) is 3. The summed E-state index contributed by atoms with van der Waals surface area (Å²) in [5.41, 5.74) is 10.2. The predicted molar refractivity (Wildman–Crippen MR) is 298 cm³/mol. The Kier molecular flexibility index (Phi) is 19.7. The highest BCUT2D eigenvalue weighted by atomic mass is 32.1. The van der Waals surface area contributed by atoms with Gasteiger partial charge in [0.15, 0.2) is 0 Å². The van der Waals surface area contributed by atoms with Gasteiger partial charge in [-0.2, -0.15) is 0 Å². The smallest absolute Gasteiger partial charge is 0.253 e. The number of unbranched alkanes of at least 4 members (excludes halogenated alkanes) is 2. The minimum Gasteiger partial charge on any atom is -0.494 e. The van der Waals surface area contributed by atoms with Crippen LogP contribution in [-0.2, 0) is 30.4 Å². The van der Waals surface area contributed by atoms with E-state index in [2.05, 4.69) is 43.8 Å². The average Bonchev–Trinajstić information content (AvgIpc) is 4.02. The third-order valence-corrected chi connectivity index (χ3v) is 15.5. The molecule has 4 heterocycles. The molecule has 2 aromatic heterocycles. The third-order valence-electron chi connectivity index (χ3n) is 14.5. The van der Waals surface area contributed by atoms with Crippen molar-refractivity contribution < 1.29 is 38.5 Å². The molecule has 5 aromatic rings. The van der Waals surface area contributed by atoms with Crippen LogP contribution in [0.2, 0.25) is 0 Å². The van der Waals surface area contributed by atoms with Crippen LogP contribution in [0.3, 0.4) is 0 Å². The number of hydrogen-bond donors (Lipinski definition) is 5. The van der Waals surface area contributed by atoms with Crippen LogP contribution in [0.15, 0.2) is 77.0 Å². The van der Waals surface area contributed by atoms with Crippen molar-refractivity contribution in [1.82, 2.24) is 30.8 Å². The Morgan fingerprint density at radius 1 is 0.921 bits per heavy atom. The van der Waals surface area contributed by atoms with Crippen molar-refractivity contribution in [3.8, 4) is 27.3 Å². The second-order valence-corrected chi connectivity index (χ2v) is 22.1. The van der Waals surface area contributed by atoms with Crippen LogP contribution in [0.25, 0.3) is 21.6 Å². The number of likely N-dealkylation sites (tertiary alicyclic amines) is 1. The summed E-state index contributed by atoms with van der Waals surface area (Å²) in [5.74, 6) is -0.776. The first-order chi connectivity index (χ1) is 36.3. The van der Waals surface area contributed by atoms with Gasteiger partial charge < -0.3 is 50.1 Å². The van der Waals surface area contributed by atoms with Crippen LogP contribution in [0, 0.1) is 33.1 Å². The molecular formula is C59H77N7O9S. The summed E-state index contributed by atoms with van der Waals surface area (Å²) < 4.78 is 17.5. The third kappa shape index (κ3) is 14.5. The van der Waals surface area contributed by atoms with Crippen LogP contribution < -0.4 is 31.1 Å². The summed E-state index contributed by atoms with van der Waals surface area (Å²) in [7, 11) is 0. The quantitative estimate of drug-likeness (QED) is 0.0418. The Bertz CT molecular complexity index is 2850. The Balaban J connectivity index is 0.874. The number of nitrogens with zero attached hydrogens (tertiary/aromatic N) is 3. The Morgan fingerprint density at radius 3 is 2.28 bits per heavy atom. The van der Waals surface area contributed by atoms with Crippen molar-refractivity contribution >= 4 is 40.7 Å². The molecule has 2 fully saturated rings. The lowest BCUT2D eigenvalue weighted by Crippen LogP contribution is -2.58. The van der Waals surface area contributed by atoms with E-state index >= 15 is 0 Å². The van der Waals surface area contributed by atoms with E-state index in [1.807, 2.05) is 122 Å². The summed E-state index contributed by atoms with van der Waals surface area (Å²) >= 11 is 1.57. The van der Waals surface area contributed by atoms with E-state index in [0.29, 0.717) is 44.0 Å². The van der Waals surface area contributed by atoms with Crippen molar-refractivity contribution in [3.63, 3.8) is 0 Å². The average molecular weight is 1060 g/mol. The number of aromatic nitrogens is 2. The molecule has 16 nitrogen and oxygen atoms in total. The van der Waals surface area contributed by atoms with Crippen LogP contribution >= 0.6 is 11.3 Å². The minimum atomic E-state index is -0.962. The molecule has 2 saturated heterocycles. The molecule has 4 amide bonds. The number of hydrogen-bond acceptors (Lipinski definition) is 12. The summed E-state index contributed by atoms with van der Waals surface area (Å²) in [4.78, 5) is 79.9. The number of rotatable bonds is 22. The minimum absolute atomic E-state index is 0.0180. The largest absolute Gasteiger partial charge is 0.494 e. The highest BCUT2D eigenvalue weighted by Gasteiger charge is 2.45. The van der Waals surface area contributed by atoms with Crippen LogP contribution in [-0.4, -0.2) is 114 Å². The normalized spacial score (nSPS) is 16.7. The molecule has 2 aliphatic heterocycles. The van der Waals surface area contributed by atoms with Gasteiger partial charge in [0.05, 0.1) is 34.8 Å². The van der Waals surface area contributed by atoms with Gasteiger partial charge in [-0.15, -0.1) is 11.3 Å². The van der Waals surface area contributed by atoms with E-state index in [0.717, 1.165) is 93.3 Å². The molecule has 3 aromatic carbocycles. The summed E-state index contributed by atoms with van der Waals surface area (Å²) in [6.45, 7) is 20.1. The first kappa shape index (κ1) is 57.3. The van der Waals surface area contributed by atoms with Crippen molar-refractivity contribution in [2.45, 2.75) is 138 Å². The van der Waals surface area contributed by atoms with E-state index in [4.69, 9.17) is 14.2 Å². The lowest BCUT2D eigenvalue weighted by atomic mass is 9.85. The highest BCUT2D eigenvalue weighted by Crippen LogP contribution is 2.35. The van der Waals surface area contributed by atoms with E-state index in [9.17, 15) is 29.1 Å². The maximum atomic E-state index is 14.1.